The number of aromatic nitrogens is 2. The second-order valence-corrected chi connectivity index (χ2v) is 8.58. The Balaban J connectivity index is 1.48. The van der Waals surface area contributed by atoms with E-state index in [1.54, 1.807) is 26.2 Å². The van der Waals surface area contributed by atoms with Gasteiger partial charge in [-0.1, -0.05) is 6.42 Å². The summed E-state index contributed by atoms with van der Waals surface area (Å²) in [6.45, 7) is 4.73. The van der Waals surface area contributed by atoms with Crippen LogP contribution in [0.1, 0.15) is 37.9 Å². The molecule has 8 nitrogen and oxygen atoms in total. The lowest BCUT2D eigenvalue weighted by molar-refractivity contribution is -0.122. The maximum atomic E-state index is 13.1. The number of aryl methyl sites for hydroxylation is 1. The molecule has 0 aliphatic carbocycles. The van der Waals surface area contributed by atoms with Crippen LogP contribution in [0.25, 0.3) is 10.9 Å². The quantitative estimate of drug-likeness (QED) is 0.759. The van der Waals surface area contributed by atoms with Crippen LogP contribution in [-0.2, 0) is 11.3 Å². The van der Waals surface area contributed by atoms with Gasteiger partial charge in [0.1, 0.15) is 12.4 Å². The predicted molar refractivity (Wildman–Crippen MR) is 119 cm³/mol. The highest BCUT2D eigenvalue weighted by molar-refractivity contribution is 5.82. The fraction of sp³-hybridized carbons (Fsp3) is 0.609. The summed E-state index contributed by atoms with van der Waals surface area (Å²) in [5.41, 5.74) is 0.270. The summed E-state index contributed by atoms with van der Waals surface area (Å²) in [4.78, 5) is 32.9. The fourth-order valence-electron chi connectivity index (χ4n) is 5.11. The minimum absolute atomic E-state index is 0.0386. The Bertz CT molecular complexity index is 1020. The Labute approximate surface area is 182 Å². The molecule has 31 heavy (non-hydrogen) atoms. The van der Waals surface area contributed by atoms with E-state index in [4.69, 9.17) is 9.47 Å². The van der Waals surface area contributed by atoms with Crippen molar-refractivity contribution in [3.63, 3.8) is 0 Å². The molecule has 2 saturated heterocycles. The van der Waals surface area contributed by atoms with E-state index in [9.17, 15) is 9.59 Å². The van der Waals surface area contributed by atoms with Crippen molar-refractivity contribution >= 4 is 16.8 Å². The predicted octanol–water partition coefficient (Wildman–Crippen LogP) is 2.10. The molecule has 0 unspecified atom stereocenters. The highest BCUT2D eigenvalue weighted by Gasteiger charge is 2.33. The van der Waals surface area contributed by atoms with Gasteiger partial charge in [-0.15, -0.1) is 0 Å². The number of hydrogen-bond donors (Lipinski definition) is 1. The van der Waals surface area contributed by atoms with E-state index in [-0.39, 0.29) is 18.0 Å². The second-order valence-electron chi connectivity index (χ2n) is 8.58. The van der Waals surface area contributed by atoms with Gasteiger partial charge >= 0.3 is 0 Å². The molecule has 2 aliphatic rings. The zero-order chi connectivity index (χ0) is 22.0. The van der Waals surface area contributed by atoms with Gasteiger partial charge < -0.3 is 19.7 Å². The van der Waals surface area contributed by atoms with Crippen LogP contribution in [0, 0.1) is 12.8 Å². The van der Waals surface area contributed by atoms with Crippen LogP contribution in [0.2, 0.25) is 0 Å². The van der Waals surface area contributed by atoms with E-state index < -0.39 is 0 Å². The molecule has 2 atom stereocenters. The molecule has 1 aromatic carbocycles. The van der Waals surface area contributed by atoms with Crippen LogP contribution in [-0.4, -0.2) is 60.3 Å². The van der Waals surface area contributed by atoms with Gasteiger partial charge in [0.05, 0.1) is 25.1 Å². The number of nitrogens with one attached hydrogen (secondary N) is 1. The van der Waals surface area contributed by atoms with Crippen molar-refractivity contribution in [3.8, 4) is 11.5 Å². The monoisotopic (exact) mass is 428 g/mol. The van der Waals surface area contributed by atoms with Gasteiger partial charge in [-0.2, -0.15) is 0 Å². The van der Waals surface area contributed by atoms with Crippen molar-refractivity contribution in [3.05, 3.63) is 28.3 Å². The Morgan fingerprint density at radius 3 is 2.65 bits per heavy atom. The third-order valence-electron chi connectivity index (χ3n) is 6.74. The molecule has 2 aromatic rings. The van der Waals surface area contributed by atoms with E-state index in [1.165, 1.54) is 50.4 Å². The summed E-state index contributed by atoms with van der Waals surface area (Å²) in [5, 5.41) is 3.48. The molecule has 168 valence electrons. The largest absolute Gasteiger partial charge is 0.493 e. The van der Waals surface area contributed by atoms with Gasteiger partial charge in [-0.3, -0.25) is 14.2 Å². The van der Waals surface area contributed by atoms with Gasteiger partial charge in [-0.05, 0) is 57.7 Å². The minimum Gasteiger partial charge on any atom is -0.493 e. The number of methoxy groups -OCH3 is 2. The first-order chi connectivity index (χ1) is 15.0. The topological polar surface area (TPSA) is 85.7 Å². The van der Waals surface area contributed by atoms with Crippen LogP contribution in [0.15, 0.2) is 16.9 Å². The summed E-state index contributed by atoms with van der Waals surface area (Å²) in [6, 6.07) is 3.89. The van der Waals surface area contributed by atoms with Crippen molar-refractivity contribution < 1.29 is 14.3 Å². The molecule has 0 saturated carbocycles. The van der Waals surface area contributed by atoms with Gasteiger partial charge in [0.2, 0.25) is 5.91 Å². The summed E-state index contributed by atoms with van der Waals surface area (Å²) in [5.74, 6) is 1.81. The molecule has 0 bridgehead atoms. The first kappa shape index (κ1) is 21.6. The van der Waals surface area contributed by atoms with E-state index >= 15 is 0 Å². The number of piperidine rings is 2. The van der Waals surface area contributed by atoms with Crippen LogP contribution >= 0.6 is 0 Å². The first-order valence-corrected chi connectivity index (χ1v) is 11.2. The van der Waals surface area contributed by atoms with Gasteiger partial charge in [-0.25, -0.2) is 4.98 Å². The standard InChI is InChI=1S/C23H32N4O4/c1-15-25-18-12-21(31-3)20(30-2)11-17(18)23(29)27(15)14-22(28)24-13-16-7-6-10-26-9-5-4-8-19(16)26/h11-12,16,19H,4-10,13-14H2,1-3H3,(H,24,28)/t16-,19+/m0/s1. The normalized spacial score (nSPS) is 21.5. The van der Waals surface area contributed by atoms with Crippen LogP contribution in [0.3, 0.4) is 0 Å². The molecule has 4 rings (SSSR count). The van der Waals surface area contributed by atoms with Crippen molar-refractivity contribution in [2.75, 3.05) is 33.9 Å². The minimum atomic E-state index is -0.255. The maximum Gasteiger partial charge on any atom is 0.262 e. The highest BCUT2D eigenvalue weighted by Crippen LogP contribution is 2.31. The van der Waals surface area contributed by atoms with E-state index in [1.807, 2.05) is 0 Å². The first-order valence-electron chi connectivity index (χ1n) is 11.2. The number of ether oxygens (including phenoxy) is 2. The lowest BCUT2D eigenvalue weighted by Gasteiger charge is -2.44. The zero-order valence-electron chi connectivity index (χ0n) is 18.6. The van der Waals surface area contributed by atoms with E-state index in [2.05, 4.69) is 15.2 Å². The summed E-state index contributed by atoms with van der Waals surface area (Å²) >= 11 is 0. The van der Waals surface area contributed by atoms with Crippen LogP contribution < -0.4 is 20.3 Å². The molecule has 0 spiro atoms. The van der Waals surface area contributed by atoms with Gasteiger partial charge in [0, 0.05) is 18.7 Å². The molecule has 1 aromatic heterocycles. The number of carbonyl (C=O) groups is 1. The Morgan fingerprint density at radius 2 is 1.87 bits per heavy atom. The molecular weight excluding hydrogens is 396 g/mol. The second kappa shape index (κ2) is 9.26. The Hall–Kier alpha value is -2.61. The Morgan fingerprint density at radius 1 is 1.13 bits per heavy atom. The van der Waals surface area contributed by atoms with Gasteiger partial charge in [0.15, 0.2) is 11.5 Å². The molecule has 2 aliphatic heterocycles. The SMILES string of the molecule is COc1cc2nc(C)n(CC(=O)NC[C@@H]3CCCN4CCCC[C@H]34)c(=O)c2cc1OC. The third kappa shape index (κ3) is 4.39. The molecule has 1 amide bonds. The van der Waals surface area contributed by atoms with Gasteiger partial charge in [0.25, 0.3) is 5.56 Å². The third-order valence-corrected chi connectivity index (χ3v) is 6.74. The smallest absolute Gasteiger partial charge is 0.262 e. The lowest BCUT2D eigenvalue weighted by atomic mass is 9.83. The number of hydrogen-bond acceptors (Lipinski definition) is 6. The van der Waals surface area contributed by atoms with E-state index in [0.717, 1.165) is 6.42 Å². The van der Waals surface area contributed by atoms with Crippen molar-refractivity contribution in [2.45, 2.75) is 51.6 Å². The number of fused-ring (bicyclic) bond motifs is 2. The molecule has 1 N–H and O–H groups in total. The number of carbonyl (C=O) groups excluding carboxylic acids is 1. The molecule has 0 radical (unpaired) electrons. The number of benzene rings is 1. The highest BCUT2D eigenvalue weighted by atomic mass is 16.5. The maximum absolute atomic E-state index is 13.1. The average molecular weight is 429 g/mol. The number of rotatable bonds is 6. The van der Waals surface area contributed by atoms with Crippen molar-refractivity contribution in [1.82, 2.24) is 19.8 Å². The number of amides is 1. The number of nitrogens with zero attached hydrogens (tertiary/aromatic N) is 3. The summed E-state index contributed by atoms with van der Waals surface area (Å²) in [6.07, 6.45) is 6.12. The molecule has 2 fully saturated rings. The molecule has 8 heteroatoms. The van der Waals surface area contributed by atoms with Crippen LogP contribution in [0.5, 0.6) is 11.5 Å². The van der Waals surface area contributed by atoms with Crippen LogP contribution in [0.4, 0.5) is 0 Å². The summed E-state index contributed by atoms with van der Waals surface area (Å²) < 4.78 is 12.0. The molecule has 3 heterocycles. The Kier molecular flexibility index (Phi) is 6.46. The zero-order valence-corrected chi connectivity index (χ0v) is 18.6. The average Bonchev–Trinajstić information content (AvgIpc) is 2.79. The fourth-order valence-corrected chi connectivity index (χ4v) is 5.11. The van der Waals surface area contributed by atoms with E-state index in [0.29, 0.717) is 46.7 Å². The molecular formula is C23H32N4O4. The summed E-state index contributed by atoms with van der Waals surface area (Å²) in [7, 11) is 3.07. The van der Waals surface area contributed by atoms with Crippen molar-refractivity contribution in [2.24, 2.45) is 5.92 Å². The van der Waals surface area contributed by atoms with Crippen molar-refractivity contribution in [1.29, 1.82) is 0 Å². The lowest BCUT2D eigenvalue weighted by Crippen LogP contribution is -2.51.